The summed E-state index contributed by atoms with van der Waals surface area (Å²) in [5.41, 5.74) is 0. The van der Waals surface area contributed by atoms with Gasteiger partial charge in [-0.25, -0.2) is 0 Å². The first-order chi connectivity index (χ1) is 8.00. The van der Waals surface area contributed by atoms with E-state index in [1.165, 1.54) is 12.1 Å². The Bertz CT molecular complexity index is 483. The van der Waals surface area contributed by atoms with Gasteiger partial charge in [-0.3, -0.25) is 0 Å². The lowest BCUT2D eigenvalue weighted by molar-refractivity contribution is 0.370. The van der Waals surface area contributed by atoms with E-state index < -0.39 is 22.6 Å². The van der Waals surface area contributed by atoms with Crippen LogP contribution in [-0.4, -0.2) is 19.1 Å². The molecule has 18 heavy (non-hydrogen) atoms. The maximum Gasteiger partial charge on any atom is 0.375 e. The highest BCUT2D eigenvalue weighted by molar-refractivity contribution is 8.06. The molecule has 0 fully saturated rings. The Hall–Kier alpha value is 0.190. The van der Waals surface area contributed by atoms with Crippen molar-refractivity contribution in [3.63, 3.8) is 0 Å². The third-order valence-electron chi connectivity index (χ3n) is 1.89. The predicted octanol–water partition coefficient (Wildman–Crippen LogP) is 2.83. The van der Waals surface area contributed by atoms with Crippen molar-refractivity contribution in [2.45, 2.75) is 30.4 Å². The van der Waals surface area contributed by atoms with Gasteiger partial charge >= 0.3 is 6.72 Å². The SMILES string of the molecule is CC(C)(C)[S+]([O-])c1ccc(OP(O)(O)=S)c(Cl)c1. The molecular formula is C10H14ClO4PS2. The highest BCUT2D eigenvalue weighted by Crippen LogP contribution is 2.42. The van der Waals surface area contributed by atoms with Gasteiger partial charge in [0.2, 0.25) is 0 Å². The Morgan fingerprint density at radius 1 is 1.39 bits per heavy atom. The fourth-order valence-electron chi connectivity index (χ4n) is 1.15. The van der Waals surface area contributed by atoms with Gasteiger partial charge in [0, 0.05) is 17.9 Å². The van der Waals surface area contributed by atoms with Crippen LogP contribution in [0.4, 0.5) is 0 Å². The van der Waals surface area contributed by atoms with E-state index in [1.54, 1.807) is 6.07 Å². The molecule has 0 heterocycles. The summed E-state index contributed by atoms with van der Waals surface area (Å²) in [5.74, 6) is 0.0691. The van der Waals surface area contributed by atoms with Gasteiger partial charge in [0.25, 0.3) is 0 Å². The first-order valence-electron chi connectivity index (χ1n) is 4.97. The van der Waals surface area contributed by atoms with Crippen molar-refractivity contribution in [1.82, 2.24) is 0 Å². The summed E-state index contributed by atoms with van der Waals surface area (Å²) < 4.78 is 16.5. The molecule has 4 nitrogen and oxygen atoms in total. The Kier molecular flexibility index (Phi) is 5.12. The molecule has 2 N–H and O–H groups in total. The molecule has 0 saturated carbocycles. The van der Waals surface area contributed by atoms with E-state index in [0.717, 1.165) is 0 Å². The van der Waals surface area contributed by atoms with Crippen molar-refractivity contribution >= 4 is 41.3 Å². The smallest absolute Gasteiger partial charge is 0.375 e. The molecule has 0 aromatic heterocycles. The largest absolute Gasteiger partial charge is 0.611 e. The summed E-state index contributed by atoms with van der Waals surface area (Å²) in [4.78, 5) is 18.6. The highest BCUT2D eigenvalue weighted by Gasteiger charge is 2.29. The van der Waals surface area contributed by atoms with Crippen LogP contribution in [0.2, 0.25) is 5.02 Å². The van der Waals surface area contributed by atoms with Crippen LogP contribution in [0.3, 0.4) is 0 Å². The Morgan fingerprint density at radius 2 is 1.94 bits per heavy atom. The highest BCUT2D eigenvalue weighted by atomic mass is 35.5. The second kappa shape index (κ2) is 5.67. The van der Waals surface area contributed by atoms with Crippen LogP contribution in [0.25, 0.3) is 0 Å². The quantitative estimate of drug-likeness (QED) is 0.659. The number of halogens is 1. The van der Waals surface area contributed by atoms with Crippen molar-refractivity contribution in [2.75, 3.05) is 0 Å². The standard InChI is InChI=1S/C10H14ClO4PS2/c1-10(2,3)18(14)7-4-5-9(8(11)6-7)15-16(12,13)17/h4-6H,1-3H3,(H2,12,13,17). The molecular weight excluding hydrogens is 315 g/mol. The molecule has 0 aliphatic rings. The number of hydrogen-bond acceptors (Lipinski definition) is 3. The van der Waals surface area contributed by atoms with Crippen LogP contribution in [0.5, 0.6) is 5.75 Å². The molecule has 1 aromatic rings. The summed E-state index contributed by atoms with van der Waals surface area (Å²) in [5, 5.41) is 0.141. The van der Waals surface area contributed by atoms with Crippen molar-refractivity contribution in [1.29, 1.82) is 0 Å². The van der Waals surface area contributed by atoms with Gasteiger partial charge in [-0.2, -0.15) is 0 Å². The third-order valence-corrected chi connectivity index (χ3v) is 4.64. The van der Waals surface area contributed by atoms with Gasteiger partial charge in [0.05, 0.1) is 5.02 Å². The van der Waals surface area contributed by atoms with E-state index >= 15 is 0 Å². The minimum atomic E-state index is -3.81. The maximum absolute atomic E-state index is 12.1. The maximum atomic E-state index is 12.1. The van der Waals surface area contributed by atoms with E-state index in [2.05, 4.69) is 11.8 Å². The van der Waals surface area contributed by atoms with Crippen LogP contribution in [0.1, 0.15) is 20.8 Å². The molecule has 1 aromatic carbocycles. The number of rotatable bonds is 3. The summed E-state index contributed by atoms with van der Waals surface area (Å²) in [6.45, 7) is 1.74. The Labute approximate surface area is 119 Å². The average Bonchev–Trinajstić information content (AvgIpc) is 2.16. The second-order valence-corrected chi connectivity index (χ2v) is 9.79. The first kappa shape index (κ1) is 16.2. The van der Waals surface area contributed by atoms with Gasteiger partial charge in [0.15, 0.2) is 4.90 Å². The van der Waals surface area contributed by atoms with E-state index in [4.69, 9.17) is 25.9 Å². The van der Waals surface area contributed by atoms with Crippen molar-refractivity contribution in [3.8, 4) is 5.75 Å². The molecule has 0 radical (unpaired) electrons. The van der Waals surface area contributed by atoms with Gasteiger partial charge < -0.3 is 18.9 Å². The van der Waals surface area contributed by atoms with Gasteiger partial charge in [0.1, 0.15) is 10.5 Å². The molecule has 0 spiro atoms. The van der Waals surface area contributed by atoms with E-state index in [1.807, 2.05) is 20.8 Å². The second-order valence-electron chi connectivity index (χ2n) is 4.56. The lowest BCUT2D eigenvalue weighted by Gasteiger charge is -2.24. The zero-order valence-corrected chi connectivity index (χ0v) is 13.4. The van der Waals surface area contributed by atoms with Crippen molar-refractivity contribution in [3.05, 3.63) is 23.2 Å². The molecule has 0 aliphatic heterocycles. The Morgan fingerprint density at radius 3 is 2.33 bits per heavy atom. The molecule has 1 rings (SSSR count). The minimum absolute atomic E-state index is 0.0691. The van der Waals surface area contributed by atoms with E-state index in [-0.39, 0.29) is 10.8 Å². The zero-order valence-electron chi connectivity index (χ0n) is 10.1. The fraction of sp³-hybridized carbons (Fsp3) is 0.400. The first-order valence-corrected chi connectivity index (χ1v) is 9.12. The minimum Gasteiger partial charge on any atom is -0.611 e. The summed E-state index contributed by atoms with van der Waals surface area (Å²) in [7, 11) is 0. The molecule has 0 saturated heterocycles. The Balaban J connectivity index is 3.03. The fourth-order valence-corrected chi connectivity index (χ4v) is 3.27. The predicted molar refractivity (Wildman–Crippen MR) is 77.0 cm³/mol. The van der Waals surface area contributed by atoms with Crippen molar-refractivity contribution < 1.29 is 18.9 Å². The molecule has 1 unspecified atom stereocenters. The topological polar surface area (TPSA) is 72.8 Å². The van der Waals surface area contributed by atoms with Gasteiger partial charge in [-0.05, 0) is 44.1 Å². The number of hydrogen-bond donors (Lipinski definition) is 2. The van der Waals surface area contributed by atoms with Crippen molar-refractivity contribution in [2.24, 2.45) is 0 Å². The molecule has 1 atom stereocenters. The van der Waals surface area contributed by atoms with Gasteiger partial charge in [-0.15, -0.1) is 0 Å². The summed E-state index contributed by atoms with van der Waals surface area (Å²) in [6, 6.07) is 4.46. The van der Waals surface area contributed by atoms with Crippen LogP contribution < -0.4 is 4.52 Å². The lowest BCUT2D eigenvalue weighted by Crippen LogP contribution is -2.27. The molecule has 0 amide bonds. The number of benzene rings is 1. The third kappa shape index (κ3) is 4.70. The van der Waals surface area contributed by atoms with Crippen LogP contribution >= 0.6 is 18.3 Å². The average molecular weight is 329 g/mol. The van der Waals surface area contributed by atoms with E-state index in [9.17, 15) is 4.55 Å². The van der Waals surface area contributed by atoms with Crippen LogP contribution in [0, 0.1) is 0 Å². The normalized spacial score (nSPS) is 14.4. The molecule has 102 valence electrons. The van der Waals surface area contributed by atoms with E-state index in [0.29, 0.717) is 4.90 Å². The van der Waals surface area contributed by atoms with Crippen LogP contribution in [-0.2, 0) is 23.0 Å². The lowest BCUT2D eigenvalue weighted by atomic mass is 10.3. The molecule has 0 bridgehead atoms. The summed E-state index contributed by atoms with van der Waals surface area (Å²) in [6.07, 6.45) is 0. The summed E-state index contributed by atoms with van der Waals surface area (Å²) >= 11 is 9.05. The molecule has 8 heteroatoms. The van der Waals surface area contributed by atoms with Crippen LogP contribution in [0.15, 0.2) is 23.1 Å². The molecule has 0 aliphatic carbocycles. The van der Waals surface area contributed by atoms with Gasteiger partial charge in [-0.1, -0.05) is 11.6 Å². The zero-order chi connectivity index (χ0) is 14.1. The monoisotopic (exact) mass is 328 g/mol.